The van der Waals surface area contributed by atoms with Crippen molar-refractivity contribution in [2.45, 2.75) is 45.6 Å². The van der Waals surface area contributed by atoms with E-state index in [9.17, 15) is 9.90 Å². The van der Waals surface area contributed by atoms with Gasteiger partial charge in [0, 0.05) is 19.0 Å². The van der Waals surface area contributed by atoms with Gasteiger partial charge >= 0.3 is 6.03 Å². The third-order valence-corrected chi connectivity index (χ3v) is 4.62. The van der Waals surface area contributed by atoms with Crippen LogP contribution >= 0.6 is 0 Å². The number of carbonyl (C=O) groups excluding carboxylic acids is 1. The average molecular weight is 334 g/mol. The van der Waals surface area contributed by atoms with Gasteiger partial charge in [-0.05, 0) is 43.4 Å². The van der Waals surface area contributed by atoms with E-state index in [1.807, 2.05) is 12.1 Å². The van der Waals surface area contributed by atoms with Crippen molar-refractivity contribution in [3.05, 3.63) is 29.8 Å². The quantitative estimate of drug-likeness (QED) is 0.786. The number of carbonyl (C=O) groups is 1. The zero-order chi connectivity index (χ0) is 17.5. The van der Waals surface area contributed by atoms with Crippen molar-refractivity contribution >= 4 is 6.03 Å². The van der Waals surface area contributed by atoms with Gasteiger partial charge in [-0.15, -0.1) is 0 Å². The van der Waals surface area contributed by atoms with Crippen LogP contribution in [0.4, 0.5) is 4.79 Å². The number of aliphatic hydroxyl groups is 1. The zero-order valence-electron chi connectivity index (χ0n) is 15.0. The maximum Gasteiger partial charge on any atom is 0.317 e. The molecule has 0 bridgehead atoms. The largest absolute Gasteiger partial charge is 0.492 e. The number of nitrogens with zero attached hydrogens (tertiary/aromatic N) is 1. The van der Waals surface area contributed by atoms with Crippen LogP contribution in [0.3, 0.4) is 0 Å². The summed E-state index contributed by atoms with van der Waals surface area (Å²) in [7, 11) is 0. The van der Waals surface area contributed by atoms with Gasteiger partial charge in [0.15, 0.2) is 0 Å². The van der Waals surface area contributed by atoms with E-state index in [1.54, 1.807) is 11.8 Å². The molecule has 1 heterocycles. The third kappa shape index (κ3) is 5.41. The highest BCUT2D eigenvalue weighted by Gasteiger charge is 2.26. The summed E-state index contributed by atoms with van der Waals surface area (Å²) < 4.78 is 5.66. The van der Waals surface area contributed by atoms with Crippen molar-refractivity contribution in [1.82, 2.24) is 10.2 Å². The first kappa shape index (κ1) is 18.6. The topological polar surface area (TPSA) is 61.8 Å². The molecule has 2 rings (SSSR count). The lowest BCUT2D eigenvalue weighted by atomic mass is 9.94. The molecule has 0 radical (unpaired) electrons. The van der Waals surface area contributed by atoms with Crippen LogP contribution in [0.1, 0.15) is 45.1 Å². The first-order valence-corrected chi connectivity index (χ1v) is 8.91. The Morgan fingerprint density at radius 1 is 1.33 bits per heavy atom. The van der Waals surface area contributed by atoms with Gasteiger partial charge in [0.25, 0.3) is 0 Å². The Bertz CT molecular complexity index is 514. The van der Waals surface area contributed by atoms with Crippen LogP contribution in [-0.4, -0.2) is 48.4 Å². The molecular formula is C19H30N2O3. The van der Waals surface area contributed by atoms with Crippen molar-refractivity contribution in [3.63, 3.8) is 0 Å². The number of urea groups is 1. The minimum Gasteiger partial charge on any atom is -0.492 e. The lowest BCUT2D eigenvalue weighted by Gasteiger charge is -2.34. The number of nitrogens with one attached hydrogen (secondary N) is 1. The summed E-state index contributed by atoms with van der Waals surface area (Å²) in [5.41, 5.74) is 1.29. The Morgan fingerprint density at radius 2 is 2.04 bits per heavy atom. The van der Waals surface area contributed by atoms with E-state index in [-0.39, 0.29) is 18.1 Å². The Hall–Kier alpha value is -1.75. The predicted octanol–water partition coefficient (Wildman–Crippen LogP) is 2.99. The SMILES string of the molecule is CC(C)c1ccc(OCCNC(=O)N2CCCC(C(C)O)C2)cc1. The van der Waals surface area contributed by atoms with E-state index in [0.29, 0.717) is 25.6 Å². The molecule has 24 heavy (non-hydrogen) atoms. The summed E-state index contributed by atoms with van der Waals surface area (Å²) in [6.45, 7) is 8.42. The molecule has 1 saturated heterocycles. The van der Waals surface area contributed by atoms with Crippen molar-refractivity contribution < 1.29 is 14.6 Å². The van der Waals surface area contributed by atoms with Crippen LogP contribution in [0.5, 0.6) is 5.75 Å². The molecule has 0 spiro atoms. The molecule has 2 unspecified atom stereocenters. The van der Waals surface area contributed by atoms with Gasteiger partial charge in [0.2, 0.25) is 0 Å². The Kier molecular flexibility index (Phi) is 6.91. The molecule has 0 aliphatic carbocycles. The van der Waals surface area contributed by atoms with Crippen molar-refractivity contribution in [3.8, 4) is 5.75 Å². The van der Waals surface area contributed by atoms with Gasteiger partial charge in [-0.3, -0.25) is 0 Å². The molecule has 2 amide bonds. The van der Waals surface area contributed by atoms with Crippen LogP contribution in [0.15, 0.2) is 24.3 Å². The van der Waals surface area contributed by atoms with E-state index in [0.717, 1.165) is 25.1 Å². The maximum atomic E-state index is 12.2. The molecule has 2 N–H and O–H groups in total. The molecule has 5 heteroatoms. The second-order valence-corrected chi connectivity index (χ2v) is 6.89. The second-order valence-electron chi connectivity index (χ2n) is 6.89. The number of piperidine rings is 1. The minimum absolute atomic E-state index is 0.0703. The lowest BCUT2D eigenvalue weighted by Crippen LogP contribution is -2.48. The van der Waals surface area contributed by atoms with Crippen LogP contribution in [0, 0.1) is 5.92 Å². The monoisotopic (exact) mass is 334 g/mol. The van der Waals surface area contributed by atoms with Crippen LogP contribution in [0.2, 0.25) is 0 Å². The first-order valence-electron chi connectivity index (χ1n) is 8.91. The van der Waals surface area contributed by atoms with Crippen molar-refractivity contribution in [2.24, 2.45) is 5.92 Å². The Morgan fingerprint density at radius 3 is 2.67 bits per heavy atom. The van der Waals surface area contributed by atoms with Crippen molar-refractivity contribution in [2.75, 3.05) is 26.2 Å². The minimum atomic E-state index is -0.363. The fourth-order valence-electron chi connectivity index (χ4n) is 2.98. The molecule has 1 fully saturated rings. The first-order chi connectivity index (χ1) is 11.5. The molecule has 134 valence electrons. The number of hydrogen-bond acceptors (Lipinski definition) is 3. The van der Waals surface area contributed by atoms with E-state index in [4.69, 9.17) is 4.74 Å². The van der Waals surface area contributed by atoms with E-state index >= 15 is 0 Å². The van der Waals surface area contributed by atoms with Gasteiger partial charge in [-0.1, -0.05) is 26.0 Å². The van der Waals surface area contributed by atoms with Gasteiger partial charge in [0.05, 0.1) is 12.6 Å². The standard InChI is InChI=1S/C19H30N2O3/c1-14(2)16-6-8-18(9-7-16)24-12-10-20-19(23)21-11-4-5-17(13-21)15(3)22/h6-9,14-15,17,22H,4-5,10-13H2,1-3H3,(H,20,23). The van der Waals surface area contributed by atoms with Gasteiger partial charge in [0.1, 0.15) is 12.4 Å². The maximum absolute atomic E-state index is 12.2. The fourth-order valence-corrected chi connectivity index (χ4v) is 2.98. The summed E-state index contributed by atoms with van der Waals surface area (Å²) in [6.07, 6.45) is 1.57. The predicted molar refractivity (Wildman–Crippen MR) is 95.4 cm³/mol. The smallest absolute Gasteiger partial charge is 0.317 e. The normalized spacial score (nSPS) is 19.2. The molecule has 1 aliphatic heterocycles. The highest BCUT2D eigenvalue weighted by molar-refractivity contribution is 5.74. The zero-order valence-corrected chi connectivity index (χ0v) is 15.0. The highest BCUT2D eigenvalue weighted by Crippen LogP contribution is 2.20. The fraction of sp³-hybridized carbons (Fsp3) is 0.632. The molecule has 5 nitrogen and oxygen atoms in total. The molecular weight excluding hydrogens is 304 g/mol. The number of ether oxygens (including phenoxy) is 1. The lowest BCUT2D eigenvalue weighted by molar-refractivity contribution is 0.0737. The van der Waals surface area contributed by atoms with Crippen LogP contribution in [-0.2, 0) is 0 Å². The van der Waals surface area contributed by atoms with Gasteiger partial charge in [-0.2, -0.15) is 0 Å². The van der Waals surface area contributed by atoms with E-state index in [2.05, 4.69) is 31.3 Å². The van der Waals surface area contributed by atoms with E-state index in [1.165, 1.54) is 5.56 Å². The number of amides is 2. The number of aliphatic hydroxyl groups excluding tert-OH is 1. The number of likely N-dealkylation sites (tertiary alicyclic amines) is 1. The van der Waals surface area contributed by atoms with Gasteiger partial charge in [-0.25, -0.2) is 4.79 Å². The summed E-state index contributed by atoms with van der Waals surface area (Å²) in [5.74, 6) is 1.51. The Balaban J connectivity index is 1.69. The number of hydrogen-bond donors (Lipinski definition) is 2. The van der Waals surface area contributed by atoms with Crippen LogP contribution < -0.4 is 10.1 Å². The Labute approximate surface area is 145 Å². The van der Waals surface area contributed by atoms with Crippen molar-refractivity contribution in [1.29, 1.82) is 0 Å². The molecule has 1 aliphatic rings. The van der Waals surface area contributed by atoms with Gasteiger partial charge < -0.3 is 20.1 Å². The average Bonchev–Trinajstić information content (AvgIpc) is 2.59. The molecule has 0 aromatic heterocycles. The summed E-state index contributed by atoms with van der Waals surface area (Å²) in [5, 5.41) is 12.6. The third-order valence-electron chi connectivity index (χ3n) is 4.62. The molecule has 1 aromatic carbocycles. The number of rotatable bonds is 6. The summed E-state index contributed by atoms with van der Waals surface area (Å²) in [4.78, 5) is 14.0. The molecule has 0 saturated carbocycles. The van der Waals surface area contributed by atoms with E-state index < -0.39 is 0 Å². The summed E-state index contributed by atoms with van der Waals surface area (Å²) in [6, 6.07) is 8.01. The molecule has 1 aromatic rings. The number of benzene rings is 1. The summed E-state index contributed by atoms with van der Waals surface area (Å²) >= 11 is 0. The second kappa shape index (κ2) is 8.92. The molecule has 2 atom stereocenters. The van der Waals surface area contributed by atoms with Crippen LogP contribution in [0.25, 0.3) is 0 Å². The highest BCUT2D eigenvalue weighted by atomic mass is 16.5.